The molecule has 19 heavy (non-hydrogen) atoms. The van der Waals surface area contributed by atoms with E-state index in [1.165, 1.54) is 6.92 Å². The van der Waals surface area contributed by atoms with Gasteiger partial charge in [0, 0.05) is 12.6 Å². The lowest BCUT2D eigenvalue weighted by atomic mass is 10.2. The van der Waals surface area contributed by atoms with Crippen molar-refractivity contribution in [3.8, 4) is 0 Å². The van der Waals surface area contributed by atoms with Gasteiger partial charge in [-0.3, -0.25) is 0 Å². The largest absolute Gasteiger partial charge is 0.416 e. The summed E-state index contributed by atoms with van der Waals surface area (Å²) < 4.78 is 63.0. The molecule has 0 amide bonds. The van der Waals surface area contributed by atoms with E-state index in [0.29, 0.717) is 6.07 Å². The summed E-state index contributed by atoms with van der Waals surface area (Å²) in [5, 5.41) is 0. The van der Waals surface area contributed by atoms with Crippen molar-refractivity contribution in [2.45, 2.75) is 24.0 Å². The zero-order chi connectivity index (χ0) is 14.0. The van der Waals surface area contributed by atoms with Crippen molar-refractivity contribution in [3.63, 3.8) is 0 Å². The molecule has 1 atom stereocenters. The second kappa shape index (κ2) is 6.56. The molecule has 0 heterocycles. The Kier molecular flexibility index (Phi) is 6.27. The van der Waals surface area contributed by atoms with Gasteiger partial charge in [-0.2, -0.15) is 13.2 Å². The number of halogens is 4. The minimum Gasteiger partial charge on any atom is -0.329 e. The van der Waals surface area contributed by atoms with E-state index in [-0.39, 0.29) is 19.0 Å². The van der Waals surface area contributed by atoms with E-state index in [1.54, 1.807) is 0 Å². The topological polar surface area (TPSA) is 72.2 Å². The maximum Gasteiger partial charge on any atom is 0.416 e. The second-order valence-corrected chi connectivity index (χ2v) is 5.50. The van der Waals surface area contributed by atoms with Gasteiger partial charge < -0.3 is 5.73 Å². The monoisotopic (exact) mass is 318 g/mol. The van der Waals surface area contributed by atoms with E-state index in [2.05, 4.69) is 4.72 Å². The fraction of sp³-hybridized carbons (Fsp3) is 0.400. The Hall–Kier alpha value is -0.830. The quantitative estimate of drug-likeness (QED) is 0.888. The van der Waals surface area contributed by atoms with Crippen LogP contribution in [0, 0.1) is 0 Å². The van der Waals surface area contributed by atoms with Gasteiger partial charge in [0.2, 0.25) is 10.0 Å². The number of alkyl halides is 3. The summed E-state index contributed by atoms with van der Waals surface area (Å²) in [5.74, 6) is 0. The van der Waals surface area contributed by atoms with E-state index < -0.39 is 32.7 Å². The van der Waals surface area contributed by atoms with Crippen LogP contribution in [0.4, 0.5) is 13.2 Å². The predicted molar refractivity (Wildman–Crippen MR) is 67.5 cm³/mol. The van der Waals surface area contributed by atoms with E-state index >= 15 is 0 Å². The van der Waals surface area contributed by atoms with Crippen molar-refractivity contribution in [2.24, 2.45) is 5.73 Å². The standard InChI is InChI=1S/C10H13F3N2O2S.ClH/c1-7(6-14)15-18(16,17)9-4-2-3-8(5-9)10(11,12)13;/h2-5,7,15H,6,14H2,1H3;1H/t7-;/m1./s1. The van der Waals surface area contributed by atoms with Gasteiger partial charge in [0.25, 0.3) is 0 Å². The van der Waals surface area contributed by atoms with Crippen molar-refractivity contribution in [3.05, 3.63) is 29.8 Å². The summed E-state index contributed by atoms with van der Waals surface area (Å²) >= 11 is 0. The average molecular weight is 319 g/mol. The van der Waals surface area contributed by atoms with Crippen LogP contribution >= 0.6 is 12.4 Å². The second-order valence-electron chi connectivity index (χ2n) is 3.78. The van der Waals surface area contributed by atoms with Crippen molar-refractivity contribution in [1.82, 2.24) is 4.72 Å². The number of nitrogens with two attached hydrogens (primary N) is 1. The molecule has 0 saturated carbocycles. The van der Waals surface area contributed by atoms with Gasteiger partial charge in [-0.05, 0) is 25.1 Å². The van der Waals surface area contributed by atoms with Crippen molar-refractivity contribution >= 4 is 22.4 Å². The molecule has 0 aliphatic rings. The molecule has 1 aromatic carbocycles. The molecule has 0 aliphatic heterocycles. The Morgan fingerprint density at radius 1 is 1.37 bits per heavy atom. The summed E-state index contributed by atoms with van der Waals surface area (Å²) in [6.07, 6.45) is -4.58. The van der Waals surface area contributed by atoms with Crippen molar-refractivity contribution in [2.75, 3.05) is 6.54 Å². The van der Waals surface area contributed by atoms with E-state index in [9.17, 15) is 21.6 Å². The highest BCUT2D eigenvalue weighted by atomic mass is 35.5. The third-order valence-corrected chi connectivity index (χ3v) is 3.77. The third kappa shape index (κ3) is 4.98. The molecule has 0 spiro atoms. The lowest BCUT2D eigenvalue weighted by molar-refractivity contribution is -0.137. The number of sulfonamides is 1. The van der Waals surface area contributed by atoms with E-state index in [0.717, 1.165) is 18.2 Å². The van der Waals surface area contributed by atoms with Gasteiger partial charge in [0.05, 0.1) is 10.5 Å². The Morgan fingerprint density at radius 3 is 2.42 bits per heavy atom. The summed E-state index contributed by atoms with van der Waals surface area (Å²) in [5.41, 5.74) is 4.24. The normalized spacial score (nSPS) is 13.7. The van der Waals surface area contributed by atoms with Gasteiger partial charge in [0.15, 0.2) is 0 Å². The first-order valence-electron chi connectivity index (χ1n) is 5.06. The Bertz CT molecular complexity index is 520. The highest BCUT2D eigenvalue weighted by Gasteiger charge is 2.31. The maximum atomic E-state index is 12.4. The van der Waals surface area contributed by atoms with Crippen LogP contribution in [0.3, 0.4) is 0 Å². The lowest BCUT2D eigenvalue weighted by Crippen LogP contribution is -2.37. The van der Waals surface area contributed by atoms with Crippen LogP contribution in [0.15, 0.2) is 29.2 Å². The molecule has 0 aromatic heterocycles. The summed E-state index contributed by atoms with van der Waals surface area (Å²) in [6.45, 7) is 1.57. The zero-order valence-electron chi connectivity index (χ0n) is 9.94. The minimum atomic E-state index is -4.58. The van der Waals surface area contributed by atoms with Crippen LogP contribution in [0.5, 0.6) is 0 Å². The Morgan fingerprint density at radius 2 is 1.95 bits per heavy atom. The molecular weight excluding hydrogens is 305 g/mol. The fourth-order valence-corrected chi connectivity index (χ4v) is 2.52. The van der Waals surface area contributed by atoms with Gasteiger partial charge >= 0.3 is 6.18 Å². The number of rotatable bonds is 4. The molecule has 0 unspecified atom stereocenters. The van der Waals surface area contributed by atoms with Crippen molar-refractivity contribution < 1.29 is 21.6 Å². The summed E-state index contributed by atoms with van der Waals surface area (Å²) in [7, 11) is -3.98. The average Bonchev–Trinajstić information content (AvgIpc) is 2.27. The molecule has 0 radical (unpaired) electrons. The van der Waals surface area contributed by atoms with Crippen LogP contribution in [0.1, 0.15) is 12.5 Å². The van der Waals surface area contributed by atoms with E-state index in [1.807, 2.05) is 0 Å². The van der Waals surface area contributed by atoms with Gasteiger partial charge in [-0.15, -0.1) is 12.4 Å². The first-order chi connectivity index (χ1) is 8.16. The van der Waals surface area contributed by atoms with Gasteiger partial charge in [0.1, 0.15) is 0 Å². The molecule has 0 fully saturated rings. The number of benzene rings is 1. The highest BCUT2D eigenvalue weighted by molar-refractivity contribution is 7.89. The fourth-order valence-electron chi connectivity index (χ4n) is 1.22. The molecule has 0 bridgehead atoms. The Balaban J connectivity index is 0.00000324. The highest BCUT2D eigenvalue weighted by Crippen LogP contribution is 2.30. The van der Waals surface area contributed by atoms with Crippen molar-refractivity contribution in [1.29, 1.82) is 0 Å². The lowest BCUT2D eigenvalue weighted by Gasteiger charge is -2.13. The summed E-state index contributed by atoms with van der Waals surface area (Å²) in [4.78, 5) is -0.433. The molecule has 9 heteroatoms. The third-order valence-electron chi connectivity index (χ3n) is 2.18. The predicted octanol–water partition coefficient (Wildman–Crippen LogP) is 1.75. The molecule has 1 rings (SSSR count). The smallest absolute Gasteiger partial charge is 0.329 e. The van der Waals surface area contributed by atoms with Crippen LogP contribution < -0.4 is 10.5 Å². The minimum absolute atomic E-state index is 0. The first-order valence-corrected chi connectivity index (χ1v) is 6.55. The number of hydrogen-bond acceptors (Lipinski definition) is 3. The van der Waals surface area contributed by atoms with Crippen LogP contribution in [0.2, 0.25) is 0 Å². The molecule has 3 N–H and O–H groups in total. The molecule has 4 nitrogen and oxygen atoms in total. The molecule has 0 saturated heterocycles. The van der Waals surface area contributed by atoms with Crippen LogP contribution in [0.25, 0.3) is 0 Å². The SMILES string of the molecule is C[C@H](CN)NS(=O)(=O)c1cccc(C(F)(F)F)c1.Cl. The summed E-state index contributed by atoms with van der Waals surface area (Å²) in [6, 6.07) is 2.99. The molecule has 110 valence electrons. The first kappa shape index (κ1) is 18.2. The van der Waals surface area contributed by atoms with Gasteiger partial charge in [-0.1, -0.05) is 6.07 Å². The molecule has 0 aliphatic carbocycles. The Labute approximate surface area is 115 Å². The van der Waals surface area contributed by atoms with Crippen LogP contribution in [-0.4, -0.2) is 21.0 Å². The number of hydrogen-bond donors (Lipinski definition) is 2. The van der Waals surface area contributed by atoms with Gasteiger partial charge in [-0.25, -0.2) is 13.1 Å². The maximum absolute atomic E-state index is 12.4. The molecule has 1 aromatic rings. The van der Waals surface area contributed by atoms with E-state index in [4.69, 9.17) is 5.73 Å². The van der Waals surface area contributed by atoms with Crippen LogP contribution in [-0.2, 0) is 16.2 Å². The molecular formula is C10H14ClF3N2O2S. The zero-order valence-corrected chi connectivity index (χ0v) is 11.6. The number of nitrogens with one attached hydrogen (secondary N) is 1.